The number of para-hydroxylation sites is 1. The molecule has 7 heterocycles. The highest BCUT2D eigenvalue weighted by Gasteiger charge is 2.87. The maximum absolute atomic E-state index is 14.7. The molecule has 9 atom stereocenters. The Morgan fingerprint density at radius 2 is 1.59 bits per heavy atom. The van der Waals surface area contributed by atoms with E-state index in [1.165, 1.54) is 0 Å². The molecule has 2 bridgehead atoms. The minimum absolute atomic E-state index is 0.0833. The van der Waals surface area contributed by atoms with Crippen molar-refractivity contribution in [3.05, 3.63) is 41.2 Å². The summed E-state index contributed by atoms with van der Waals surface area (Å²) in [6, 6.07) is 5.44. The highest BCUT2D eigenvalue weighted by molar-refractivity contribution is 9.10. The number of anilines is 1. The summed E-state index contributed by atoms with van der Waals surface area (Å²) in [6.07, 6.45) is -5.44. The molecule has 5 saturated heterocycles. The fourth-order valence-electron chi connectivity index (χ4n) is 7.74. The summed E-state index contributed by atoms with van der Waals surface area (Å²) >= 11 is 0. The smallest absolute Gasteiger partial charge is 0.266 e. The van der Waals surface area contributed by atoms with Crippen LogP contribution in [0.1, 0.15) is 32.8 Å². The molecule has 1 aromatic rings. The van der Waals surface area contributed by atoms with E-state index in [4.69, 9.17) is 4.74 Å². The van der Waals surface area contributed by atoms with Gasteiger partial charge in [-0.2, -0.15) is 0 Å². The second-order valence-electron chi connectivity index (χ2n) is 11.9. The summed E-state index contributed by atoms with van der Waals surface area (Å²) in [7, 11) is 2.82. The summed E-state index contributed by atoms with van der Waals surface area (Å²) < 4.78 is 6.03. The minimum atomic E-state index is -2.47. The van der Waals surface area contributed by atoms with E-state index in [2.05, 4.69) is 5.32 Å². The van der Waals surface area contributed by atoms with E-state index >= 15 is 0 Å². The Balaban J connectivity index is 1.33. The highest BCUT2D eigenvalue weighted by Crippen LogP contribution is 2.72. The number of carbonyl (C=O) groups excluding carboxylic acids is 3. The summed E-state index contributed by atoms with van der Waals surface area (Å²) in [5.41, 5.74) is -4.16. The molecule has 206 valence electrons. The summed E-state index contributed by atoms with van der Waals surface area (Å²) in [6.45, 7) is 5.45. The molecule has 7 aliphatic heterocycles. The number of aliphatic hydroxyl groups excluding tert-OH is 2. The highest BCUT2D eigenvalue weighted by atomic mass is 33.5. The van der Waals surface area contributed by atoms with Crippen molar-refractivity contribution in [1.82, 2.24) is 9.80 Å². The van der Waals surface area contributed by atoms with Gasteiger partial charge >= 0.3 is 0 Å². The number of fused-ring (bicyclic) bond motifs is 6. The largest absolute Gasteiger partial charge is 0.494 e. The van der Waals surface area contributed by atoms with Crippen LogP contribution in [-0.2, 0) is 24.7 Å². The molecule has 9 unspecified atom stereocenters. The second kappa shape index (κ2) is 6.92. The Kier molecular flexibility index (Phi) is 4.40. The number of benzene rings is 1. The molecule has 5 N–H and O–H groups in total. The zero-order valence-corrected chi connectivity index (χ0v) is 23.4. The number of nitrogens with one attached hydrogen (secondary N) is 1. The van der Waals surface area contributed by atoms with Crippen LogP contribution < -0.4 is 5.32 Å². The number of hydrogen-bond donors (Lipinski definition) is 5. The van der Waals surface area contributed by atoms with E-state index in [1.54, 1.807) is 24.3 Å². The van der Waals surface area contributed by atoms with E-state index in [0.29, 0.717) is 17.0 Å². The van der Waals surface area contributed by atoms with Crippen molar-refractivity contribution < 1.29 is 39.5 Å². The van der Waals surface area contributed by atoms with Gasteiger partial charge in [0.2, 0.25) is 9.74 Å². The zero-order chi connectivity index (χ0) is 27.7. The first-order valence-electron chi connectivity index (χ1n) is 12.6. The molecule has 11 nitrogen and oxygen atoms in total. The Labute approximate surface area is 234 Å². The van der Waals surface area contributed by atoms with E-state index in [9.17, 15) is 34.8 Å². The standard InChI is InChI=1S/C25H25N3O8S3/c1-9-21(2,3)14-12(36-9)8-13-23(35,15(14)29)17(31)24-20(33)28-18-22(34,10-6-4-5-7-11(10)26-18)16(30)25(28,38-39-37-24)19(32)27(13)24/h4-7,9,13,16-18,26,30-31,34-35H,8H2,1-3H3. The number of aliphatic hydroxyl groups is 4. The fraction of sp³-hybridized carbons (Fsp3) is 0.560. The normalized spacial score (nSPS) is 48.2. The van der Waals surface area contributed by atoms with Crippen LogP contribution >= 0.6 is 31.4 Å². The molecule has 2 amide bonds. The third kappa shape index (κ3) is 2.23. The number of nitrogens with zero attached hydrogens (tertiary/aromatic N) is 2. The van der Waals surface area contributed by atoms with Gasteiger partial charge in [-0.1, -0.05) is 32.0 Å². The van der Waals surface area contributed by atoms with Crippen molar-refractivity contribution in [3.63, 3.8) is 0 Å². The topological polar surface area (TPSA) is 160 Å². The molecule has 9 rings (SSSR count). The molecule has 0 radical (unpaired) electrons. The summed E-state index contributed by atoms with van der Waals surface area (Å²) in [4.78, 5) is 41.5. The number of piperazine rings is 1. The van der Waals surface area contributed by atoms with Gasteiger partial charge in [0.1, 0.15) is 30.2 Å². The molecule has 0 aromatic heterocycles. The summed E-state index contributed by atoms with van der Waals surface area (Å²) in [5.74, 6) is -1.97. The maximum atomic E-state index is 14.7. The number of Topliss-reactive ketones (excluding diaryl/α,β-unsaturated/α-hetero) is 1. The van der Waals surface area contributed by atoms with Crippen LogP contribution in [-0.4, -0.2) is 93.7 Å². The third-order valence-corrected chi connectivity index (χ3v) is 15.0. The van der Waals surface area contributed by atoms with E-state index in [-0.39, 0.29) is 18.1 Å². The van der Waals surface area contributed by atoms with Gasteiger partial charge in [0.25, 0.3) is 11.8 Å². The van der Waals surface area contributed by atoms with Crippen molar-refractivity contribution in [3.8, 4) is 0 Å². The van der Waals surface area contributed by atoms with Crippen LogP contribution in [0.4, 0.5) is 5.69 Å². The van der Waals surface area contributed by atoms with Crippen LogP contribution in [0.2, 0.25) is 0 Å². The zero-order valence-electron chi connectivity index (χ0n) is 20.9. The monoisotopic (exact) mass is 591 g/mol. The van der Waals surface area contributed by atoms with Crippen LogP contribution in [0, 0.1) is 5.41 Å². The number of ether oxygens (including phenoxy) is 1. The van der Waals surface area contributed by atoms with E-state index < -0.39 is 68.4 Å². The van der Waals surface area contributed by atoms with Crippen molar-refractivity contribution >= 4 is 54.7 Å². The van der Waals surface area contributed by atoms with Gasteiger partial charge in [0.05, 0.1) is 6.04 Å². The van der Waals surface area contributed by atoms with Crippen LogP contribution in [0.25, 0.3) is 0 Å². The van der Waals surface area contributed by atoms with Crippen molar-refractivity contribution in [2.24, 2.45) is 5.41 Å². The van der Waals surface area contributed by atoms with Crippen molar-refractivity contribution in [2.45, 2.75) is 78.7 Å². The lowest BCUT2D eigenvalue weighted by molar-refractivity contribution is -0.171. The molecule has 39 heavy (non-hydrogen) atoms. The van der Waals surface area contributed by atoms with Gasteiger partial charge in [-0.15, -0.1) is 0 Å². The molecule has 1 aliphatic carbocycles. The third-order valence-electron chi connectivity index (χ3n) is 10.0. The van der Waals surface area contributed by atoms with Crippen molar-refractivity contribution in [1.29, 1.82) is 0 Å². The average molecular weight is 592 g/mol. The lowest BCUT2D eigenvalue weighted by atomic mass is 9.68. The van der Waals surface area contributed by atoms with E-state index in [0.717, 1.165) is 41.2 Å². The molecule has 8 aliphatic rings. The van der Waals surface area contributed by atoms with Crippen LogP contribution in [0.3, 0.4) is 0 Å². The number of rotatable bonds is 0. The number of amides is 2. The van der Waals surface area contributed by atoms with Gasteiger partial charge in [-0.3, -0.25) is 19.3 Å². The first-order valence-corrected chi connectivity index (χ1v) is 16.1. The molecule has 2 spiro atoms. The lowest BCUT2D eigenvalue weighted by Crippen LogP contribution is -2.76. The first-order chi connectivity index (χ1) is 18.3. The van der Waals surface area contributed by atoms with Gasteiger partial charge in [0, 0.05) is 28.7 Å². The fourth-order valence-corrected chi connectivity index (χ4v) is 13.8. The van der Waals surface area contributed by atoms with Crippen LogP contribution in [0.15, 0.2) is 35.6 Å². The molecular formula is C25H25N3O8S3. The molecular weight excluding hydrogens is 566 g/mol. The number of ketones is 1. The molecule has 14 heteroatoms. The predicted molar refractivity (Wildman–Crippen MR) is 141 cm³/mol. The number of hydrogen-bond acceptors (Lipinski definition) is 12. The Morgan fingerprint density at radius 1 is 0.974 bits per heavy atom. The summed E-state index contributed by atoms with van der Waals surface area (Å²) in [5, 5.41) is 50.9. The molecule has 5 fully saturated rings. The second-order valence-corrected chi connectivity index (χ2v) is 16.2. The van der Waals surface area contributed by atoms with Gasteiger partial charge in [0.15, 0.2) is 17.0 Å². The van der Waals surface area contributed by atoms with E-state index in [1.807, 2.05) is 20.8 Å². The minimum Gasteiger partial charge on any atom is -0.494 e. The molecule has 0 saturated carbocycles. The van der Waals surface area contributed by atoms with Gasteiger partial charge in [-0.05, 0) is 44.4 Å². The Morgan fingerprint density at radius 3 is 2.31 bits per heavy atom. The van der Waals surface area contributed by atoms with Crippen LogP contribution in [0.5, 0.6) is 0 Å². The maximum Gasteiger partial charge on any atom is 0.266 e. The quantitative estimate of drug-likeness (QED) is 0.262. The number of carbonyl (C=O) groups is 3. The Hall–Kier alpha value is -1.94. The van der Waals surface area contributed by atoms with Gasteiger partial charge < -0.3 is 35.4 Å². The van der Waals surface area contributed by atoms with Gasteiger partial charge in [-0.25, -0.2) is 0 Å². The SMILES string of the molecule is CC1OC2=C(C(=O)C3(O)C(C2)N2C(=O)C45SSSC2(C(=O)N4C2Nc4ccccc4C2(O)C5O)C3O)C1(C)C. The lowest BCUT2D eigenvalue weighted by Gasteiger charge is -2.51. The average Bonchev–Trinajstić information content (AvgIpc) is 3.37. The first kappa shape index (κ1) is 24.8. The Bertz CT molecular complexity index is 1470. The van der Waals surface area contributed by atoms with Crippen molar-refractivity contribution in [2.75, 3.05) is 5.32 Å². The predicted octanol–water partition coefficient (Wildman–Crippen LogP) is 0.253. The molecule has 1 aromatic carbocycles.